The third kappa shape index (κ3) is 2.76. The number of rotatable bonds is 2. The summed E-state index contributed by atoms with van der Waals surface area (Å²) in [5, 5.41) is 1.19. The molecule has 1 heterocycles. The lowest BCUT2D eigenvalue weighted by atomic mass is 10.3. The Kier molecular flexibility index (Phi) is 3.49. The van der Waals surface area contributed by atoms with E-state index < -0.39 is 0 Å². The molecule has 0 unspecified atom stereocenters. The largest absolute Gasteiger partial charge is 0.436 e. The van der Waals surface area contributed by atoms with Crippen molar-refractivity contribution in [2.45, 2.75) is 0 Å². The molecule has 2 aromatic rings. The zero-order chi connectivity index (χ0) is 11.5. The van der Waals surface area contributed by atoms with Crippen molar-refractivity contribution in [3.05, 3.63) is 45.8 Å². The molecule has 0 fully saturated rings. The average molecular weight is 276 g/mol. The molecule has 0 aliphatic carbocycles. The van der Waals surface area contributed by atoms with Gasteiger partial charge in [-0.1, -0.05) is 34.8 Å². The first-order chi connectivity index (χ1) is 7.65. The van der Waals surface area contributed by atoms with E-state index in [9.17, 15) is 0 Å². The number of ether oxygens (including phenoxy) is 1. The van der Waals surface area contributed by atoms with Crippen LogP contribution in [0.3, 0.4) is 0 Å². The molecule has 0 saturated carbocycles. The normalized spacial score (nSPS) is 10.2. The molecule has 0 aliphatic rings. The Morgan fingerprint density at radius 2 is 1.88 bits per heavy atom. The van der Waals surface area contributed by atoms with Crippen LogP contribution in [0.4, 0.5) is 0 Å². The maximum Gasteiger partial charge on any atom is 0.239 e. The highest BCUT2D eigenvalue weighted by atomic mass is 35.5. The van der Waals surface area contributed by atoms with Gasteiger partial charge in [0.25, 0.3) is 0 Å². The van der Waals surface area contributed by atoms with Crippen molar-refractivity contribution < 1.29 is 4.74 Å². The van der Waals surface area contributed by atoms with Crippen molar-refractivity contribution in [2.75, 3.05) is 0 Å². The summed E-state index contributed by atoms with van der Waals surface area (Å²) in [6.07, 6.45) is 2.86. The molecule has 0 bridgehead atoms. The van der Waals surface area contributed by atoms with E-state index >= 15 is 0 Å². The lowest BCUT2D eigenvalue weighted by molar-refractivity contribution is 0.460. The third-order valence-electron chi connectivity index (χ3n) is 1.69. The van der Waals surface area contributed by atoms with Gasteiger partial charge in [-0.3, -0.25) is 4.98 Å². The number of hydrogen-bond acceptors (Lipinski definition) is 3. The molecule has 0 radical (unpaired) electrons. The summed E-state index contributed by atoms with van der Waals surface area (Å²) in [7, 11) is 0. The number of nitrogens with zero attached hydrogens (tertiary/aromatic N) is 2. The van der Waals surface area contributed by atoms with Gasteiger partial charge in [0.2, 0.25) is 5.88 Å². The zero-order valence-corrected chi connectivity index (χ0v) is 10.1. The van der Waals surface area contributed by atoms with E-state index in [0.717, 1.165) is 0 Å². The summed E-state index contributed by atoms with van der Waals surface area (Å²) in [6, 6.07) is 4.89. The molecule has 0 N–H and O–H groups in total. The Bertz CT molecular complexity index is 519. The second-order valence-electron chi connectivity index (χ2n) is 2.86. The molecule has 0 atom stereocenters. The average Bonchev–Trinajstić information content (AvgIpc) is 2.22. The van der Waals surface area contributed by atoms with Gasteiger partial charge in [-0.25, -0.2) is 0 Å². The van der Waals surface area contributed by atoms with E-state index in [4.69, 9.17) is 39.5 Å². The minimum absolute atomic E-state index is 0.252. The maximum atomic E-state index is 5.93. The Labute approximate surface area is 107 Å². The van der Waals surface area contributed by atoms with Gasteiger partial charge < -0.3 is 4.74 Å². The fraction of sp³-hybridized carbons (Fsp3) is 0. The van der Waals surface area contributed by atoms with Crippen LogP contribution in [-0.2, 0) is 0 Å². The summed E-state index contributed by atoms with van der Waals surface area (Å²) in [5.74, 6) is 0.722. The van der Waals surface area contributed by atoms with Crippen LogP contribution in [0.2, 0.25) is 15.2 Å². The standard InChI is InChI=1S/C10H5Cl3N2O/c11-6-1-2-8(7(12)3-6)16-10-5-14-4-9(13)15-10/h1-5H. The van der Waals surface area contributed by atoms with Crippen molar-refractivity contribution in [1.29, 1.82) is 0 Å². The van der Waals surface area contributed by atoms with Crippen LogP contribution in [0.25, 0.3) is 0 Å². The molecular weight excluding hydrogens is 270 g/mol. The van der Waals surface area contributed by atoms with E-state index in [1.165, 1.54) is 12.4 Å². The van der Waals surface area contributed by atoms with E-state index in [-0.39, 0.29) is 11.0 Å². The van der Waals surface area contributed by atoms with Gasteiger partial charge in [-0.15, -0.1) is 0 Å². The molecule has 0 spiro atoms. The monoisotopic (exact) mass is 274 g/mol. The summed E-state index contributed by atoms with van der Waals surface area (Å²) < 4.78 is 5.40. The van der Waals surface area contributed by atoms with Crippen LogP contribution in [0.5, 0.6) is 11.6 Å². The third-order valence-corrected chi connectivity index (χ3v) is 2.40. The van der Waals surface area contributed by atoms with Crippen molar-refractivity contribution in [2.24, 2.45) is 0 Å². The molecule has 0 saturated heterocycles. The summed E-state index contributed by atoms with van der Waals surface area (Å²) in [4.78, 5) is 7.76. The zero-order valence-electron chi connectivity index (χ0n) is 7.82. The van der Waals surface area contributed by atoms with Crippen molar-refractivity contribution in [3.8, 4) is 11.6 Å². The predicted molar refractivity (Wildman–Crippen MR) is 63.6 cm³/mol. The molecule has 1 aromatic heterocycles. The van der Waals surface area contributed by atoms with Gasteiger partial charge in [0.15, 0.2) is 5.15 Å². The SMILES string of the molecule is Clc1ccc(Oc2cncc(Cl)n2)c(Cl)c1. The van der Waals surface area contributed by atoms with Crippen LogP contribution in [-0.4, -0.2) is 9.97 Å². The highest BCUT2D eigenvalue weighted by molar-refractivity contribution is 6.35. The van der Waals surface area contributed by atoms with Gasteiger partial charge in [0, 0.05) is 5.02 Å². The Morgan fingerprint density at radius 3 is 2.56 bits per heavy atom. The number of aromatic nitrogens is 2. The number of halogens is 3. The van der Waals surface area contributed by atoms with E-state index in [1.807, 2.05) is 0 Å². The first-order valence-electron chi connectivity index (χ1n) is 4.25. The molecule has 0 aliphatic heterocycles. The fourth-order valence-electron chi connectivity index (χ4n) is 1.05. The number of benzene rings is 1. The van der Waals surface area contributed by atoms with Gasteiger partial charge in [0.05, 0.1) is 17.4 Å². The summed E-state index contributed by atoms with van der Waals surface area (Å²) in [6.45, 7) is 0. The van der Waals surface area contributed by atoms with E-state index in [1.54, 1.807) is 18.2 Å². The summed E-state index contributed by atoms with van der Waals surface area (Å²) in [5.41, 5.74) is 0. The molecule has 2 rings (SSSR count). The van der Waals surface area contributed by atoms with Gasteiger partial charge in [-0.05, 0) is 18.2 Å². The van der Waals surface area contributed by atoms with Crippen LogP contribution in [0, 0.1) is 0 Å². The molecule has 6 heteroatoms. The Hall–Kier alpha value is -1.03. The smallest absolute Gasteiger partial charge is 0.239 e. The van der Waals surface area contributed by atoms with Crippen molar-refractivity contribution in [3.63, 3.8) is 0 Å². The second kappa shape index (κ2) is 4.87. The highest BCUT2D eigenvalue weighted by Crippen LogP contribution is 2.30. The lowest BCUT2D eigenvalue weighted by Crippen LogP contribution is -1.90. The van der Waals surface area contributed by atoms with Crippen LogP contribution >= 0.6 is 34.8 Å². The molecule has 0 amide bonds. The predicted octanol–water partition coefficient (Wildman–Crippen LogP) is 4.23. The van der Waals surface area contributed by atoms with E-state index in [2.05, 4.69) is 9.97 Å². The highest BCUT2D eigenvalue weighted by Gasteiger charge is 2.05. The first kappa shape index (κ1) is 11.5. The summed E-state index contributed by atoms with van der Waals surface area (Å²) >= 11 is 17.4. The quantitative estimate of drug-likeness (QED) is 0.822. The van der Waals surface area contributed by atoms with Crippen molar-refractivity contribution in [1.82, 2.24) is 9.97 Å². The molecule has 82 valence electrons. The molecule has 3 nitrogen and oxygen atoms in total. The van der Waals surface area contributed by atoms with E-state index in [0.29, 0.717) is 15.8 Å². The van der Waals surface area contributed by atoms with Crippen LogP contribution in [0.15, 0.2) is 30.6 Å². The second-order valence-corrected chi connectivity index (χ2v) is 4.09. The van der Waals surface area contributed by atoms with Crippen LogP contribution in [0.1, 0.15) is 0 Å². The van der Waals surface area contributed by atoms with Crippen molar-refractivity contribution >= 4 is 34.8 Å². The minimum atomic E-state index is 0.252. The fourth-order valence-corrected chi connectivity index (χ4v) is 1.63. The Balaban J connectivity index is 2.27. The Morgan fingerprint density at radius 1 is 1.06 bits per heavy atom. The van der Waals surface area contributed by atoms with Gasteiger partial charge >= 0.3 is 0 Å². The minimum Gasteiger partial charge on any atom is -0.436 e. The van der Waals surface area contributed by atoms with Crippen LogP contribution < -0.4 is 4.74 Å². The first-order valence-corrected chi connectivity index (χ1v) is 5.39. The van der Waals surface area contributed by atoms with Gasteiger partial charge in [0.1, 0.15) is 5.75 Å². The molecule has 1 aromatic carbocycles. The molecule has 16 heavy (non-hydrogen) atoms. The maximum absolute atomic E-state index is 5.93. The lowest BCUT2D eigenvalue weighted by Gasteiger charge is -2.06. The topological polar surface area (TPSA) is 35.0 Å². The number of hydrogen-bond donors (Lipinski definition) is 0. The molecular formula is C10H5Cl3N2O. The van der Waals surface area contributed by atoms with Gasteiger partial charge in [-0.2, -0.15) is 4.98 Å².